The Kier molecular flexibility index (Phi) is 5.66. The van der Waals surface area contributed by atoms with Crippen LogP contribution in [0.3, 0.4) is 0 Å². The van der Waals surface area contributed by atoms with Gasteiger partial charge in [0.1, 0.15) is 5.54 Å². The quantitative estimate of drug-likeness (QED) is 0.798. The number of benzene rings is 2. The number of piperazine rings is 1. The van der Waals surface area contributed by atoms with Crippen molar-refractivity contribution in [2.24, 2.45) is 0 Å². The molecule has 0 radical (unpaired) electrons. The number of halogens is 2. The fourth-order valence-electron chi connectivity index (χ4n) is 4.46. The molecule has 0 spiro atoms. The third-order valence-corrected chi connectivity index (χ3v) is 6.40. The van der Waals surface area contributed by atoms with Gasteiger partial charge < -0.3 is 10.6 Å². The van der Waals surface area contributed by atoms with Gasteiger partial charge in [-0.1, -0.05) is 47.5 Å². The summed E-state index contributed by atoms with van der Waals surface area (Å²) in [6.45, 7) is 5.54. The molecule has 1 saturated heterocycles. The summed E-state index contributed by atoms with van der Waals surface area (Å²) < 4.78 is 0. The maximum absolute atomic E-state index is 13.6. The van der Waals surface area contributed by atoms with Crippen LogP contribution in [0.1, 0.15) is 29.7 Å². The molecule has 148 valence electrons. The normalized spacial score (nSPS) is 19.8. The highest BCUT2D eigenvalue weighted by Crippen LogP contribution is 2.36. The van der Waals surface area contributed by atoms with Gasteiger partial charge in [0.15, 0.2) is 0 Å². The maximum Gasteiger partial charge on any atom is 0.241 e. The van der Waals surface area contributed by atoms with Crippen LogP contribution in [0.25, 0.3) is 0 Å². The van der Waals surface area contributed by atoms with Crippen LogP contribution in [0.5, 0.6) is 0 Å². The number of fused-ring (bicyclic) bond motifs is 1. The first-order chi connectivity index (χ1) is 13.5. The number of hydrogen-bond donors (Lipinski definition) is 2. The predicted molar refractivity (Wildman–Crippen MR) is 114 cm³/mol. The molecule has 0 aromatic heterocycles. The van der Waals surface area contributed by atoms with E-state index in [4.69, 9.17) is 23.2 Å². The van der Waals surface area contributed by atoms with Gasteiger partial charge in [-0.15, -0.1) is 0 Å². The fourth-order valence-corrected chi connectivity index (χ4v) is 5.00. The van der Waals surface area contributed by atoms with Crippen LogP contribution in [-0.2, 0) is 17.6 Å². The molecule has 2 aromatic carbocycles. The average Bonchev–Trinajstić information content (AvgIpc) is 3.09. The van der Waals surface area contributed by atoms with Gasteiger partial charge in [-0.2, -0.15) is 0 Å². The molecular weight excluding hydrogens is 393 g/mol. The van der Waals surface area contributed by atoms with E-state index in [0.717, 1.165) is 44.6 Å². The molecule has 1 aliphatic carbocycles. The Hall–Kier alpha value is -1.59. The summed E-state index contributed by atoms with van der Waals surface area (Å²) in [6, 6.07) is 13.7. The summed E-state index contributed by atoms with van der Waals surface area (Å²) in [4.78, 5) is 16.0. The van der Waals surface area contributed by atoms with Crippen LogP contribution in [0.2, 0.25) is 10.0 Å². The van der Waals surface area contributed by atoms with Crippen molar-refractivity contribution in [3.05, 3.63) is 69.2 Å². The summed E-state index contributed by atoms with van der Waals surface area (Å²) in [7, 11) is 0. The highest BCUT2D eigenvalue weighted by Gasteiger charge is 2.48. The number of nitrogens with zero attached hydrogens (tertiary/aromatic N) is 1. The van der Waals surface area contributed by atoms with Gasteiger partial charge in [-0.25, -0.2) is 0 Å². The number of hydrogen-bond acceptors (Lipinski definition) is 3. The Morgan fingerprint density at radius 3 is 2.21 bits per heavy atom. The molecule has 1 heterocycles. The zero-order valence-electron chi connectivity index (χ0n) is 16.0. The lowest BCUT2D eigenvalue weighted by Gasteiger charge is -2.42. The van der Waals surface area contributed by atoms with E-state index in [0.29, 0.717) is 10.0 Å². The minimum atomic E-state index is -0.539. The van der Waals surface area contributed by atoms with Crippen molar-refractivity contribution in [1.82, 2.24) is 15.5 Å². The average molecular weight is 418 g/mol. The molecule has 2 aliphatic rings. The Morgan fingerprint density at radius 1 is 1.07 bits per heavy atom. The number of amides is 1. The van der Waals surface area contributed by atoms with Crippen molar-refractivity contribution >= 4 is 29.1 Å². The van der Waals surface area contributed by atoms with Crippen LogP contribution in [0.15, 0.2) is 42.5 Å². The van der Waals surface area contributed by atoms with Gasteiger partial charge in [0.25, 0.3) is 0 Å². The molecular formula is C22H25Cl2N3O. The van der Waals surface area contributed by atoms with Crippen molar-refractivity contribution in [3.8, 4) is 0 Å². The second kappa shape index (κ2) is 8.03. The van der Waals surface area contributed by atoms with Crippen LogP contribution >= 0.6 is 23.2 Å². The van der Waals surface area contributed by atoms with Crippen LogP contribution in [0.4, 0.5) is 0 Å². The lowest BCUT2D eigenvalue weighted by molar-refractivity contribution is -0.134. The number of nitrogens with one attached hydrogen (secondary N) is 2. The van der Waals surface area contributed by atoms with Gasteiger partial charge in [0.05, 0.1) is 6.04 Å². The largest absolute Gasteiger partial charge is 0.348 e. The first kappa shape index (κ1) is 19.7. The van der Waals surface area contributed by atoms with Gasteiger partial charge in [-0.05, 0) is 41.8 Å². The van der Waals surface area contributed by atoms with Crippen LogP contribution in [0, 0.1) is 0 Å². The number of carbonyl (C=O) groups excluding carboxylic acids is 1. The molecule has 0 bridgehead atoms. The van der Waals surface area contributed by atoms with E-state index in [9.17, 15) is 4.79 Å². The van der Waals surface area contributed by atoms with Crippen LogP contribution < -0.4 is 10.6 Å². The van der Waals surface area contributed by atoms with Crippen molar-refractivity contribution < 1.29 is 4.79 Å². The van der Waals surface area contributed by atoms with E-state index >= 15 is 0 Å². The van der Waals surface area contributed by atoms with E-state index in [2.05, 4.69) is 39.8 Å². The smallest absolute Gasteiger partial charge is 0.241 e. The van der Waals surface area contributed by atoms with E-state index in [1.54, 1.807) is 6.07 Å². The zero-order valence-corrected chi connectivity index (χ0v) is 17.5. The summed E-state index contributed by atoms with van der Waals surface area (Å²) in [5, 5.41) is 7.79. The van der Waals surface area contributed by atoms with E-state index in [-0.39, 0.29) is 11.9 Å². The van der Waals surface area contributed by atoms with Gasteiger partial charge in [0.2, 0.25) is 5.91 Å². The molecule has 4 nitrogen and oxygen atoms in total. The first-order valence-corrected chi connectivity index (χ1v) is 10.5. The summed E-state index contributed by atoms with van der Waals surface area (Å²) in [6.07, 6.45) is 1.50. The zero-order chi connectivity index (χ0) is 19.7. The van der Waals surface area contributed by atoms with Gasteiger partial charge >= 0.3 is 0 Å². The van der Waals surface area contributed by atoms with E-state index < -0.39 is 5.54 Å². The minimum Gasteiger partial charge on any atom is -0.348 e. The fraction of sp³-hybridized carbons (Fsp3) is 0.409. The number of rotatable bonds is 4. The monoisotopic (exact) mass is 417 g/mol. The summed E-state index contributed by atoms with van der Waals surface area (Å²) in [5.74, 6) is 0.0780. The number of carbonyl (C=O) groups is 1. The molecule has 2 N–H and O–H groups in total. The van der Waals surface area contributed by atoms with Crippen molar-refractivity contribution in [2.45, 2.75) is 31.3 Å². The molecule has 1 fully saturated rings. The van der Waals surface area contributed by atoms with Crippen LogP contribution in [-0.4, -0.2) is 42.5 Å². The van der Waals surface area contributed by atoms with Gasteiger partial charge in [0, 0.05) is 49.1 Å². The van der Waals surface area contributed by atoms with Crippen molar-refractivity contribution in [3.63, 3.8) is 0 Å². The Balaban J connectivity index is 1.61. The standard InChI is InChI=1S/C22H25Cl2N3O/c1-15(18-10-19(23)12-20(24)11-18)26-21(28)22(27-8-6-25-7-9-27)13-16-4-2-3-5-17(16)14-22/h2-5,10-12,15,25H,6-9,13-14H2,1H3,(H,26,28)/t15-/m1/s1. The summed E-state index contributed by atoms with van der Waals surface area (Å²) >= 11 is 12.3. The maximum atomic E-state index is 13.6. The van der Waals surface area contributed by atoms with E-state index in [1.807, 2.05) is 19.1 Å². The SMILES string of the molecule is C[C@@H](NC(=O)C1(N2CCNCC2)Cc2ccccc2C1)c1cc(Cl)cc(Cl)c1. The first-order valence-electron chi connectivity index (χ1n) is 9.77. The molecule has 1 amide bonds. The highest BCUT2D eigenvalue weighted by atomic mass is 35.5. The molecule has 0 saturated carbocycles. The van der Waals surface area contributed by atoms with Crippen molar-refractivity contribution in [2.75, 3.05) is 26.2 Å². The summed E-state index contributed by atoms with van der Waals surface area (Å²) in [5.41, 5.74) is 2.92. The molecule has 28 heavy (non-hydrogen) atoms. The van der Waals surface area contributed by atoms with Crippen molar-refractivity contribution in [1.29, 1.82) is 0 Å². The molecule has 0 unspecified atom stereocenters. The third-order valence-electron chi connectivity index (χ3n) is 5.96. The van der Waals surface area contributed by atoms with Gasteiger partial charge in [-0.3, -0.25) is 9.69 Å². The van der Waals surface area contributed by atoms with E-state index in [1.165, 1.54) is 11.1 Å². The second-order valence-electron chi connectivity index (χ2n) is 7.79. The minimum absolute atomic E-state index is 0.0780. The lowest BCUT2D eigenvalue weighted by Crippen LogP contribution is -2.64. The lowest BCUT2D eigenvalue weighted by atomic mass is 9.90. The Morgan fingerprint density at radius 2 is 1.64 bits per heavy atom. The third kappa shape index (κ3) is 3.79. The topological polar surface area (TPSA) is 44.4 Å². The highest BCUT2D eigenvalue weighted by molar-refractivity contribution is 6.34. The molecule has 1 atom stereocenters. The molecule has 2 aromatic rings. The Bertz CT molecular complexity index is 835. The second-order valence-corrected chi connectivity index (χ2v) is 8.66. The molecule has 6 heteroatoms. The Labute approximate surface area is 176 Å². The molecule has 4 rings (SSSR count). The molecule has 1 aliphatic heterocycles. The predicted octanol–water partition coefficient (Wildman–Crippen LogP) is 3.61.